The average molecular weight is 207 g/mol. The van der Waals surface area contributed by atoms with Crippen molar-refractivity contribution in [2.75, 3.05) is 0 Å². The standard InChI is InChI=1S/C10H13N3O2/c1-3-4-9(11)10(14)12-6-8-5-7(2)15-13-8/h1,5,9H,4,6,11H2,2H3,(H,12,14). The van der Waals surface area contributed by atoms with E-state index in [1.165, 1.54) is 0 Å². The maximum absolute atomic E-state index is 11.3. The first-order valence-corrected chi connectivity index (χ1v) is 4.52. The van der Waals surface area contributed by atoms with Crippen molar-refractivity contribution in [3.05, 3.63) is 17.5 Å². The second-order valence-corrected chi connectivity index (χ2v) is 3.16. The highest BCUT2D eigenvalue weighted by Gasteiger charge is 2.11. The number of nitrogens with one attached hydrogen (secondary N) is 1. The van der Waals surface area contributed by atoms with Crippen molar-refractivity contribution >= 4 is 5.91 Å². The minimum atomic E-state index is -0.664. The molecule has 0 radical (unpaired) electrons. The quantitative estimate of drug-likeness (QED) is 0.678. The smallest absolute Gasteiger partial charge is 0.238 e. The maximum atomic E-state index is 11.3. The van der Waals surface area contributed by atoms with E-state index in [4.69, 9.17) is 16.7 Å². The number of carbonyl (C=O) groups is 1. The number of amides is 1. The number of carbonyl (C=O) groups excluding carboxylic acids is 1. The van der Waals surface area contributed by atoms with Crippen molar-refractivity contribution in [2.24, 2.45) is 5.73 Å². The molecule has 0 aliphatic carbocycles. The molecule has 1 unspecified atom stereocenters. The fourth-order valence-electron chi connectivity index (χ4n) is 1.03. The number of rotatable bonds is 4. The van der Waals surface area contributed by atoms with Crippen molar-refractivity contribution in [3.8, 4) is 12.3 Å². The van der Waals surface area contributed by atoms with Crippen LogP contribution in [-0.2, 0) is 11.3 Å². The van der Waals surface area contributed by atoms with E-state index in [9.17, 15) is 4.79 Å². The number of nitrogens with zero attached hydrogens (tertiary/aromatic N) is 1. The molecule has 15 heavy (non-hydrogen) atoms. The second kappa shape index (κ2) is 5.17. The Hall–Kier alpha value is -1.80. The van der Waals surface area contributed by atoms with Gasteiger partial charge in [0, 0.05) is 12.5 Å². The lowest BCUT2D eigenvalue weighted by Gasteiger charge is -2.07. The zero-order chi connectivity index (χ0) is 11.3. The molecule has 0 aliphatic rings. The summed E-state index contributed by atoms with van der Waals surface area (Å²) in [5.74, 6) is 2.75. The molecule has 0 fully saturated rings. The molecule has 1 rings (SSSR count). The van der Waals surface area contributed by atoms with Crippen molar-refractivity contribution in [1.82, 2.24) is 10.5 Å². The Morgan fingerprint density at radius 3 is 3.13 bits per heavy atom. The fraction of sp³-hybridized carbons (Fsp3) is 0.400. The Labute approximate surface area is 88.0 Å². The molecule has 1 heterocycles. The Morgan fingerprint density at radius 1 is 1.87 bits per heavy atom. The van der Waals surface area contributed by atoms with Crippen LogP contribution < -0.4 is 11.1 Å². The summed E-state index contributed by atoms with van der Waals surface area (Å²) < 4.78 is 4.84. The van der Waals surface area contributed by atoms with E-state index < -0.39 is 6.04 Å². The molecule has 0 spiro atoms. The van der Waals surface area contributed by atoms with E-state index in [1.807, 2.05) is 0 Å². The van der Waals surface area contributed by atoms with Gasteiger partial charge in [-0.2, -0.15) is 0 Å². The Kier molecular flexibility index (Phi) is 3.89. The molecule has 0 saturated heterocycles. The molecule has 0 aliphatic heterocycles. The largest absolute Gasteiger partial charge is 0.361 e. The van der Waals surface area contributed by atoms with E-state index in [2.05, 4.69) is 16.4 Å². The molecule has 5 heteroatoms. The number of aryl methyl sites for hydroxylation is 1. The minimum Gasteiger partial charge on any atom is -0.361 e. The predicted molar refractivity (Wildman–Crippen MR) is 54.5 cm³/mol. The summed E-state index contributed by atoms with van der Waals surface area (Å²) in [7, 11) is 0. The lowest BCUT2D eigenvalue weighted by atomic mass is 10.2. The Morgan fingerprint density at radius 2 is 2.60 bits per heavy atom. The average Bonchev–Trinajstić information content (AvgIpc) is 2.61. The third kappa shape index (κ3) is 3.44. The van der Waals surface area contributed by atoms with Crippen LogP contribution in [0.2, 0.25) is 0 Å². The van der Waals surface area contributed by atoms with Gasteiger partial charge in [0.25, 0.3) is 0 Å². The van der Waals surface area contributed by atoms with Crippen LogP contribution in [0.1, 0.15) is 17.9 Å². The topological polar surface area (TPSA) is 81.2 Å². The lowest BCUT2D eigenvalue weighted by Crippen LogP contribution is -2.39. The summed E-state index contributed by atoms with van der Waals surface area (Å²) in [6.07, 6.45) is 5.27. The Bertz CT molecular complexity index is 378. The zero-order valence-corrected chi connectivity index (χ0v) is 8.49. The summed E-state index contributed by atoms with van der Waals surface area (Å²) in [4.78, 5) is 11.3. The number of nitrogens with two attached hydrogens (primary N) is 1. The van der Waals surface area contributed by atoms with E-state index >= 15 is 0 Å². The van der Waals surface area contributed by atoms with Gasteiger partial charge in [0.2, 0.25) is 5.91 Å². The third-order valence-electron chi connectivity index (χ3n) is 1.80. The first-order chi connectivity index (χ1) is 7.13. The van der Waals surface area contributed by atoms with E-state index in [1.54, 1.807) is 13.0 Å². The fourth-order valence-corrected chi connectivity index (χ4v) is 1.03. The van der Waals surface area contributed by atoms with Crippen LogP contribution in [0.4, 0.5) is 0 Å². The van der Waals surface area contributed by atoms with Crippen LogP contribution in [0.3, 0.4) is 0 Å². The maximum Gasteiger partial charge on any atom is 0.238 e. The van der Waals surface area contributed by atoms with Crippen LogP contribution in [0.25, 0.3) is 0 Å². The molecular weight excluding hydrogens is 194 g/mol. The van der Waals surface area contributed by atoms with Gasteiger partial charge in [-0.1, -0.05) is 5.16 Å². The molecule has 3 N–H and O–H groups in total. The number of aromatic nitrogens is 1. The predicted octanol–water partition coefficient (Wildman–Crippen LogP) is -0.0502. The van der Waals surface area contributed by atoms with E-state index in [-0.39, 0.29) is 12.3 Å². The molecule has 1 aromatic rings. The summed E-state index contributed by atoms with van der Waals surface area (Å²) in [5, 5.41) is 6.34. The minimum absolute atomic E-state index is 0.226. The molecule has 80 valence electrons. The van der Waals surface area contributed by atoms with Gasteiger partial charge in [0.05, 0.1) is 12.6 Å². The van der Waals surface area contributed by atoms with Crippen LogP contribution in [-0.4, -0.2) is 17.1 Å². The van der Waals surface area contributed by atoms with Crippen LogP contribution in [0.15, 0.2) is 10.6 Å². The summed E-state index contributed by atoms with van der Waals surface area (Å²) in [6, 6.07) is 1.08. The van der Waals surface area contributed by atoms with Crippen molar-refractivity contribution in [3.63, 3.8) is 0 Å². The molecule has 1 aromatic heterocycles. The third-order valence-corrected chi connectivity index (χ3v) is 1.80. The van der Waals surface area contributed by atoms with Gasteiger partial charge in [-0.3, -0.25) is 4.79 Å². The number of hydrogen-bond acceptors (Lipinski definition) is 4. The molecule has 1 atom stereocenters. The number of terminal acetylenes is 1. The van der Waals surface area contributed by atoms with E-state index in [0.717, 1.165) is 0 Å². The molecular formula is C10H13N3O2. The van der Waals surface area contributed by atoms with Gasteiger partial charge < -0.3 is 15.6 Å². The van der Waals surface area contributed by atoms with Crippen molar-refractivity contribution in [1.29, 1.82) is 0 Å². The summed E-state index contributed by atoms with van der Waals surface area (Å²) in [5.41, 5.74) is 6.16. The lowest BCUT2D eigenvalue weighted by molar-refractivity contribution is -0.122. The molecule has 1 amide bonds. The molecule has 0 aromatic carbocycles. The molecule has 0 bridgehead atoms. The van der Waals surface area contributed by atoms with Crippen LogP contribution in [0.5, 0.6) is 0 Å². The summed E-state index contributed by atoms with van der Waals surface area (Å²) in [6.45, 7) is 2.08. The Balaban J connectivity index is 2.38. The van der Waals surface area contributed by atoms with Crippen molar-refractivity contribution < 1.29 is 9.32 Å². The van der Waals surface area contributed by atoms with Gasteiger partial charge in [-0.25, -0.2) is 0 Å². The second-order valence-electron chi connectivity index (χ2n) is 3.16. The van der Waals surface area contributed by atoms with Gasteiger partial charge >= 0.3 is 0 Å². The van der Waals surface area contributed by atoms with Gasteiger partial charge in [-0.05, 0) is 6.92 Å². The first-order valence-electron chi connectivity index (χ1n) is 4.52. The van der Waals surface area contributed by atoms with Gasteiger partial charge in [0.1, 0.15) is 11.5 Å². The van der Waals surface area contributed by atoms with Gasteiger partial charge in [-0.15, -0.1) is 12.3 Å². The molecule has 5 nitrogen and oxygen atoms in total. The number of hydrogen-bond donors (Lipinski definition) is 2. The normalized spacial score (nSPS) is 11.8. The SMILES string of the molecule is C#CCC(N)C(=O)NCc1cc(C)on1. The highest BCUT2D eigenvalue weighted by Crippen LogP contribution is 2.00. The zero-order valence-electron chi connectivity index (χ0n) is 8.49. The highest BCUT2D eigenvalue weighted by atomic mass is 16.5. The van der Waals surface area contributed by atoms with Crippen LogP contribution in [0, 0.1) is 19.3 Å². The van der Waals surface area contributed by atoms with Crippen LogP contribution >= 0.6 is 0 Å². The molecule has 0 saturated carbocycles. The first kappa shape index (κ1) is 11.3. The summed E-state index contributed by atoms with van der Waals surface area (Å²) >= 11 is 0. The van der Waals surface area contributed by atoms with Crippen molar-refractivity contribution in [2.45, 2.75) is 25.9 Å². The highest BCUT2D eigenvalue weighted by molar-refractivity contribution is 5.81. The monoisotopic (exact) mass is 207 g/mol. The van der Waals surface area contributed by atoms with Gasteiger partial charge in [0.15, 0.2) is 0 Å². The van der Waals surface area contributed by atoms with E-state index in [0.29, 0.717) is 18.0 Å².